The summed E-state index contributed by atoms with van der Waals surface area (Å²) in [7, 11) is 0. The lowest BCUT2D eigenvalue weighted by Gasteiger charge is -2.24. The van der Waals surface area contributed by atoms with Crippen LogP contribution >= 0.6 is 0 Å². The summed E-state index contributed by atoms with van der Waals surface area (Å²) < 4.78 is 5.50. The first-order valence-electron chi connectivity index (χ1n) is 6.79. The number of carbonyl (C=O) groups excluding carboxylic acids is 1. The van der Waals surface area contributed by atoms with Crippen molar-refractivity contribution >= 4 is 11.6 Å². The molecular weight excluding hydrogens is 240 g/mol. The summed E-state index contributed by atoms with van der Waals surface area (Å²) >= 11 is 0. The molecule has 0 aliphatic heterocycles. The van der Waals surface area contributed by atoms with Crippen LogP contribution in [0.3, 0.4) is 0 Å². The Labute approximate surface area is 115 Å². The van der Waals surface area contributed by atoms with Crippen LogP contribution in [0.25, 0.3) is 0 Å². The van der Waals surface area contributed by atoms with Crippen LogP contribution in [0.1, 0.15) is 34.1 Å². The van der Waals surface area contributed by atoms with Crippen molar-refractivity contribution in [3.8, 4) is 5.75 Å². The van der Waals surface area contributed by atoms with Gasteiger partial charge in [-0.25, -0.2) is 0 Å². The van der Waals surface area contributed by atoms with Gasteiger partial charge in [0.15, 0.2) is 0 Å². The van der Waals surface area contributed by atoms with E-state index >= 15 is 0 Å². The van der Waals surface area contributed by atoms with Crippen molar-refractivity contribution in [2.24, 2.45) is 0 Å². The van der Waals surface area contributed by atoms with Crippen molar-refractivity contribution in [1.29, 1.82) is 0 Å². The van der Waals surface area contributed by atoms with Crippen molar-refractivity contribution < 1.29 is 9.53 Å². The van der Waals surface area contributed by atoms with E-state index in [0.717, 1.165) is 24.4 Å². The lowest BCUT2D eigenvalue weighted by atomic mass is 10.0. The van der Waals surface area contributed by atoms with Gasteiger partial charge in [-0.2, -0.15) is 0 Å². The van der Waals surface area contributed by atoms with Gasteiger partial charge in [0.25, 0.3) is 0 Å². The summed E-state index contributed by atoms with van der Waals surface area (Å²) in [6, 6.07) is 7.44. The molecule has 4 heteroatoms. The van der Waals surface area contributed by atoms with Crippen molar-refractivity contribution in [2.45, 2.75) is 39.7 Å². The van der Waals surface area contributed by atoms with Gasteiger partial charge in [0.2, 0.25) is 5.91 Å². The van der Waals surface area contributed by atoms with E-state index in [1.807, 2.05) is 45.0 Å². The van der Waals surface area contributed by atoms with Gasteiger partial charge >= 0.3 is 0 Å². The summed E-state index contributed by atoms with van der Waals surface area (Å²) in [6.07, 6.45) is 0.982. The van der Waals surface area contributed by atoms with Crippen LogP contribution in [0.4, 0.5) is 5.69 Å². The summed E-state index contributed by atoms with van der Waals surface area (Å²) in [4.78, 5) is 12.1. The molecule has 2 N–H and O–H groups in total. The molecule has 0 atom stereocenters. The van der Waals surface area contributed by atoms with E-state index in [-0.39, 0.29) is 5.91 Å². The summed E-state index contributed by atoms with van der Waals surface area (Å²) in [5, 5.41) is 6.04. The minimum absolute atomic E-state index is 0.0448. The molecule has 4 nitrogen and oxygen atoms in total. The largest absolute Gasteiger partial charge is 0.494 e. The Bertz CT molecular complexity index is 399. The lowest BCUT2D eigenvalue weighted by molar-refractivity contribution is -0.121. The zero-order valence-corrected chi connectivity index (χ0v) is 12.2. The SMILES string of the molecule is CCCOc1ccc(NC(=O)C(C)(C)NCC)cc1. The van der Waals surface area contributed by atoms with Gasteiger partial charge in [-0.3, -0.25) is 4.79 Å². The number of rotatable bonds is 7. The maximum Gasteiger partial charge on any atom is 0.244 e. The van der Waals surface area contributed by atoms with Crippen molar-refractivity contribution in [1.82, 2.24) is 5.32 Å². The zero-order valence-electron chi connectivity index (χ0n) is 12.2. The summed E-state index contributed by atoms with van der Waals surface area (Å²) in [6.45, 7) is 9.24. The van der Waals surface area contributed by atoms with Gasteiger partial charge in [0, 0.05) is 5.69 Å². The number of hydrogen-bond acceptors (Lipinski definition) is 3. The predicted molar refractivity (Wildman–Crippen MR) is 78.6 cm³/mol. The molecule has 0 heterocycles. The number of carbonyl (C=O) groups is 1. The first-order valence-corrected chi connectivity index (χ1v) is 6.79. The zero-order chi connectivity index (χ0) is 14.3. The molecule has 0 radical (unpaired) electrons. The van der Waals surface area contributed by atoms with Crippen LogP contribution in [0, 0.1) is 0 Å². The molecule has 106 valence electrons. The molecule has 0 aromatic heterocycles. The van der Waals surface area contributed by atoms with Gasteiger partial charge in [0.1, 0.15) is 5.75 Å². The van der Waals surface area contributed by atoms with Crippen LogP contribution in [0.2, 0.25) is 0 Å². The fourth-order valence-corrected chi connectivity index (χ4v) is 1.66. The van der Waals surface area contributed by atoms with Crippen LogP contribution in [0.5, 0.6) is 5.75 Å². The van der Waals surface area contributed by atoms with E-state index in [0.29, 0.717) is 6.61 Å². The molecule has 0 bridgehead atoms. The third-order valence-corrected chi connectivity index (χ3v) is 2.77. The van der Waals surface area contributed by atoms with Gasteiger partial charge in [0.05, 0.1) is 12.1 Å². The minimum Gasteiger partial charge on any atom is -0.494 e. The quantitative estimate of drug-likeness (QED) is 0.796. The molecule has 0 unspecified atom stereocenters. The third-order valence-electron chi connectivity index (χ3n) is 2.77. The normalized spacial score (nSPS) is 11.2. The Morgan fingerprint density at radius 2 is 1.84 bits per heavy atom. The second-order valence-electron chi connectivity index (χ2n) is 4.98. The van der Waals surface area contributed by atoms with E-state index in [2.05, 4.69) is 17.6 Å². The number of anilines is 1. The van der Waals surface area contributed by atoms with Crippen molar-refractivity contribution in [2.75, 3.05) is 18.5 Å². The van der Waals surface area contributed by atoms with Crippen LogP contribution in [-0.2, 0) is 4.79 Å². The average molecular weight is 264 g/mol. The number of likely N-dealkylation sites (N-methyl/N-ethyl adjacent to an activating group) is 1. The van der Waals surface area contributed by atoms with E-state index in [1.54, 1.807) is 0 Å². The van der Waals surface area contributed by atoms with Gasteiger partial charge < -0.3 is 15.4 Å². The molecule has 1 rings (SSSR count). The summed E-state index contributed by atoms with van der Waals surface area (Å²) in [5.74, 6) is 0.780. The molecular formula is C15H24N2O2. The lowest BCUT2D eigenvalue weighted by Crippen LogP contribution is -2.49. The van der Waals surface area contributed by atoms with Gasteiger partial charge in [-0.05, 0) is 51.1 Å². The summed E-state index contributed by atoms with van der Waals surface area (Å²) in [5.41, 5.74) is 0.200. The topological polar surface area (TPSA) is 50.4 Å². The Hall–Kier alpha value is -1.55. The molecule has 0 spiro atoms. The monoisotopic (exact) mass is 264 g/mol. The highest BCUT2D eigenvalue weighted by atomic mass is 16.5. The molecule has 0 fully saturated rings. The molecule has 0 saturated heterocycles. The molecule has 0 saturated carbocycles. The first kappa shape index (κ1) is 15.5. The number of benzene rings is 1. The number of amides is 1. The Morgan fingerprint density at radius 1 is 1.21 bits per heavy atom. The maximum absolute atomic E-state index is 12.1. The van der Waals surface area contributed by atoms with Crippen LogP contribution in [0.15, 0.2) is 24.3 Å². The van der Waals surface area contributed by atoms with E-state index in [4.69, 9.17) is 4.74 Å². The average Bonchev–Trinajstić information content (AvgIpc) is 2.38. The highest BCUT2D eigenvalue weighted by Crippen LogP contribution is 2.17. The number of nitrogens with one attached hydrogen (secondary N) is 2. The fourth-order valence-electron chi connectivity index (χ4n) is 1.66. The smallest absolute Gasteiger partial charge is 0.244 e. The molecule has 0 aliphatic rings. The van der Waals surface area contributed by atoms with Crippen LogP contribution < -0.4 is 15.4 Å². The van der Waals surface area contributed by atoms with Crippen LogP contribution in [-0.4, -0.2) is 24.6 Å². The molecule has 1 amide bonds. The highest BCUT2D eigenvalue weighted by Gasteiger charge is 2.25. The minimum atomic E-state index is -0.577. The number of ether oxygens (including phenoxy) is 1. The second-order valence-corrected chi connectivity index (χ2v) is 4.98. The van der Waals surface area contributed by atoms with Crippen molar-refractivity contribution in [3.63, 3.8) is 0 Å². The molecule has 19 heavy (non-hydrogen) atoms. The van der Waals surface area contributed by atoms with Gasteiger partial charge in [-0.15, -0.1) is 0 Å². The molecule has 1 aromatic carbocycles. The Kier molecular flexibility index (Phi) is 5.83. The molecule has 0 aliphatic carbocycles. The van der Waals surface area contributed by atoms with E-state index < -0.39 is 5.54 Å². The Balaban J connectivity index is 2.60. The Morgan fingerprint density at radius 3 is 2.37 bits per heavy atom. The maximum atomic E-state index is 12.1. The second kappa shape index (κ2) is 7.14. The fraction of sp³-hybridized carbons (Fsp3) is 0.533. The number of hydrogen-bond donors (Lipinski definition) is 2. The molecule has 1 aromatic rings. The standard InChI is InChI=1S/C15H24N2O2/c1-5-11-19-13-9-7-12(8-10-13)17-14(18)15(3,4)16-6-2/h7-10,16H,5-6,11H2,1-4H3,(H,17,18). The predicted octanol–water partition coefficient (Wildman–Crippen LogP) is 2.80. The first-order chi connectivity index (χ1) is 8.99. The highest BCUT2D eigenvalue weighted by molar-refractivity contribution is 5.97. The van der Waals surface area contributed by atoms with Gasteiger partial charge in [-0.1, -0.05) is 13.8 Å². The third kappa shape index (κ3) is 4.91. The van der Waals surface area contributed by atoms with E-state index in [1.165, 1.54) is 0 Å². The van der Waals surface area contributed by atoms with E-state index in [9.17, 15) is 4.79 Å². The van der Waals surface area contributed by atoms with Crippen molar-refractivity contribution in [3.05, 3.63) is 24.3 Å².